The minimum absolute atomic E-state index is 0.403. The summed E-state index contributed by atoms with van der Waals surface area (Å²) >= 11 is 0. The normalized spacial score (nSPS) is 18.1. The standard InChI is InChI=1S/C17H27NO/c1-4-14(12-13-10-11-13)18-16(5-2)15-8-6-7-9-17(15)19-3/h6-9,13-14,16,18H,4-5,10-12H2,1-3H3. The summed E-state index contributed by atoms with van der Waals surface area (Å²) < 4.78 is 5.50. The maximum Gasteiger partial charge on any atom is 0.123 e. The zero-order chi connectivity index (χ0) is 13.7. The lowest BCUT2D eigenvalue weighted by Gasteiger charge is -2.26. The molecule has 2 rings (SSSR count). The molecule has 0 spiro atoms. The van der Waals surface area contributed by atoms with E-state index in [1.165, 1.54) is 31.2 Å². The van der Waals surface area contributed by atoms with Gasteiger partial charge >= 0.3 is 0 Å². The molecule has 2 heteroatoms. The van der Waals surface area contributed by atoms with E-state index in [9.17, 15) is 0 Å². The lowest BCUT2D eigenvalue weighted by molar-refractivity contribution is 0.362. The molecule has 0 bridgehead atoms. The summed E-state index contributed by atoms with van der Waals surface area (Å²) in [6, 6.07) is 9.42. The maximum atomic E-state index is 5.50. The number of benzene rings is 1. The molecule has 0 aliphatic heterocycles. The number of methoxy groups -OCH3 is 1. The molecule has 1 fully saturated rings. The Bertz CT molecular complexity index is 387. The van der Waals surface area contributed by atoms with E-state index in [-0.39, 0.29) is 0 Å². The van der Waals surface area contributed by atoms with Crippen LogP contribution in [0.15, 0.2) is 24.3 Å². The summed E-state index contributed by atoms with van der Waals surface area (Å²) in [5.74, 6) is 1.98. The van der Waals surface area contributed by atoms with Gasteiger partial charge in [-0.05, 0) is 31.2 Å². The van der Waals surface area contributed by atoms with Gasteiger partial charge in [0.15, 0.2) is 0 Å². The third-order valence-electron chi connectivity index (χ3n) is 4.17. The summed E-state index contributed by atoms with van der Waals surface area (Å²) in [5.41, 5.74) is 1.29. The largest absolute Gasteiger partial charge is 0.496 e. The molecule has 1 saturated carbocycles. The minimum atomic E-state index is 0.403. The number of rotatable bonds is 8. The fourth-order valence-electron chi connectivity index (χ4n) is 2.77. The van der Waals surface area contributed by atoms with Crippen LogP contribution in [-0.2, 0) is 0 Å². The van der Waals surface area contributed by atoms with Gasteiger partial charge in [0, 0.05) is 17.6 Å². The fraction of sp³-hybridized carbons (Fsp3) is 0.647. The molecule has 19 heavy (non-hydrogen) atoms. The third-order valence-corrected chi connectivity index (χ3v) is 4.17. The maximum absolute atomic E-state index is 5.50. The summed E-state index contributed by atoms with van der Waals surface area (Å²) in [6.07, 6.45) is 6.51. The van der Waals surface area contributed by atoms with E-state index in [1.54, 1.807) is 7.11 Å². The molecule has 1 aliphatic rings. The van der Waals surface area contributed by atoms with Crippen LogP contribution >= 0.6 is 0 Å². The molecule has 0 saturated heterocycles. The molecule has 1 aliphatic carbocycles. The molecule has 2 nitrogen and oxygen atoms in total. The molecular weight excluding hydrogens is 234 g/mol. The van der Waals surface area contributed by atoms with E-state index in [4.69, 9.17) is 4.74 Å². The predicted octanol–water partition coefficient (Wildman–Crippen LogP) is 4.31. The van der Waals surface area contributed by atoms with Crippen molar-refractivity contribution in [2.24, 2.45) is 5.92 Å². The van der Waals surface area contributed by atoms with Crippen molar-refractivity contribution in [1.29, 1.82) is 0 Å². The first-order valence-corrected chi connectivity index (χ1v) is 7.67. The van der Waals surface area contributed by atoms with E-state index in [0.29, 0.717) is 12.1 Å². The summed E-state index contributed by atoms with van der Waals surface area (Å²) in [4.78, 5) is 0. The van der Waals surface area contributed by atoms with Crippen LogP contribution in [0.5, 0.6) is 5.75 Å². The molecule has 1 N–H and O–H groups in total. The average Bonchev–Trinajstić information content (AvgIpc) is 3.27. The predicted molar refractivity (Wildman–Crippen MR) is 80.6 cm³/mol. The van der Waals surface area contributed by atoms with Gasteiger partial charge in [0.05, 0.1) is 7.11 Å². The van der Waals surface area contributed by atoms with Gasteiger partial charge in [-0.25, -0.2) is 0 Å². The fourth-order valence-corrected chi connectivity index (χ4v) is 2.77. The molecule has 0 heterocycles. The number of para-hydroxylation sites is 1. The van der Waals surface area contributed by atoms with Crippen LogP contribution in [-0.4, -0.2) is 13.2 Å². The topological polar surface area (TPSA) is 21.3 Å². The zero-order valence-electron chi connectivity index (χ0n) is 12.5. The Morgan fingerprint density at radius 3 is 2.53 bits per heavy atom. The van der Waals surface area contributed by atoms with Gasteiger partial charge in [-0.1, -0.05) is 44.9 Å². The molecule has 0 amide bonds. The molecule has 1 aromatic carbocycles. The lowest BCUT2D eigenvalue weighted by Crippen LogP contribution is -2.32. The van der Waals surface area contributed by atoms with Crippen molar-refractivity contribution < 1.29 is 4.74 Å². The number of nitrogens with one attached hydrogen (secondary N) is 1. The Balaban J connectivity index is 2.04. The van der Waals surface area contributed by atoms with Gasteiger partial charge in [-0.15, -0.1) is 0 Å². The van der Waals surface area contributed by atoms with Crippen molar-refractivity contribution >= 4 is 0 Å². The second kappa shape index (κ2) is 6.95. The van der Waals surface area contributed by atoms with Crippen molar-refractivity contribution in [3.05, 3.63) is 29.8 Å². The van der Waals surface area contributed by atoms with Crippen molar-refractivity contribution in [3.63, 3.8) is 0 Å². The highest BCUT2D eigenvalue weighted by atomic mass is 16.5. The third kappa shape index (κ3) is 3.97. The summed E-state index contributed by atoms with van der Waals surface area (Å²) in [5, 5.41) is 3.84. The highest BCUT2D eigenvalue weighted by molar-refractivity contribution is 5.35. The number of ether oxygens (including phenoxy) is 1. The Hall–Kier alpha value is -1.02. The van der Waals surface area contributed by atoms with Gasteiger partial charge < -0.3 is 10.1 Å². The van der Waals surface area contributed by atoms with Gasteiger partial charge in [-0.3, -0.25) is 0 Å². The van der Waals surface area contributed by atoms with Crippen molar-refractivity contribution in [3.8, 4) is 5.75 Å². The van der Waals surface area contributed by atoms with Gasteiger partial charge in [-0.2, -0.15) is 0 Å². The summed E-state index contributed by atoms with van der Waals surface area (Å²) in [6.45, 7) is 4.53. The van der Waals surface area contributed by atoms with Crippen LogP contribution < -0.4 is 10.1 Å². The molecule has 2 unspecified atom stereocenters. The highest BCUT2D eigenvalue weighted by Gasteiger charge is 2.26. The van der Waals surface area contributed by atoms with Crippen LogP contribution in [0.3, 0.4) is 0 Å². The quantitative estimate of drug-likeness (QED) is 0.752. The van der Waals surface area contributed by atoms with Crippen molar-refractivity contribution in [1.82, 2.24) is 5.32 Å². The highest BCUT2D eigenvalue weighted by Crippen LogP contribution is 2.35. The van der Waals surface area contributed by atoms with Crippen molar-refractivity contribution in [2.45, 2.75) is 58.0 Å². The van der Waals surface area contributed by atoms with Crippen LogP contribution in [0.2, 0.25) is 0 Å². The minimum Gasteiger partial charge on any atom is -0.496 e. The zero-order valence-corrected chi connectivity index (χ0v) is 12.5. The number of hydrogen-bond acceptors (Lipinski definition) is 2. The Morgan fingerprint density at radius 1 is 1.21 bits per heavy atom. The monoisotopic (exact) mass is 261 g/mol. The van der Waals surface area contributed by atoms with Gasteiger partial charge in [0.25, 0.3) is 0 Å². The van der Waals surface area contributed by atoms with Crippen LogP contribution in [0.4, 0.5) is 0 Å². The second-order valence-corrected chi connectivity index (χ2v) is 5.65. The molecule has 106 valence electrons. The molecule has 0 radical (unpaired) electrons. The van der Waals surface area contributed by atoms with Crippen LogP contribution in [0, 0.1) is 5.92 Å². The van der Waals surface area contributed by atoms with Gasteiger partial charge in [0.2, 0.25) is 0 Å². The average molecular weight is 261 g/mol. The first-order valence-electron chi connectivity index (χ1n) is 7.67. The van der Waals surface area contributed by atoms with E-state index < -0.39 is 0 Å². The van der Waals surface area contributed by atoms with Crippen LogP contribution in [0.1, 0.15) is 57.6 Å². The second-order valence-electron chi connectivity index (χ2n) is 5.65. The molecular formula is C17H27NO. The first kappa shape index (κ1) is 14.4. The van der Waals surface area contributed by atoms with Gasteiger partial charge in [0.1, 0.15) is 5.75 Å². The number of hydrogen-bond donors (Lipinski definition) is 1. The van der Waals surface area contributed by atoms with Crippen LogP contribution in [0.25, 0.3) is 0 Å². The Kier molecular flexibility index (Phi) is 5.26. The van der Waals surface area contributed by atoms with E-state index in [0.717, 1.165) is 18.1 Å². The molecule has 2 atom stereocenters. The van der Waals surface area contributed by atoms with E-state index in [2.05, 4.69) is 37.4 Å². The Morgan fingerprint density at radius 2 is 1.95 bits per heavy atom. The smallest absolute Gasteiger partial charge is 0.123 e. The summed E-state index contributed by atoms with van der Waals surface area (Å²) in [7, 11) is 1.76. The van der Waals surface area contributed by atoms with E-state index >= 15 is 0 Å². The Labute approximate surface area is 117 Å². The van der Waals surface area contributed by atoms with Crippen molar-refractivity contribution in [2.75, 3.05) is 7.11 Å². The van der Waals surface area contributed by atoms with E-state index in [1.807, 2.05) is 6.07 Å². The molecule has 0 aromatic heterocycles. The lowest BCUT2D eigenvalue weighted by atomic mass is 10.00. The SMILES string of the molecule is CCC(CC1CC1)NC(CC)c1ccccc1OC. The first-order chi connectivity index (χ1) is 9.28. The molecule has 1 aromatic rings.